The van der Waals surface area contributed by atoms with Gasteiger partial charge in [0, 0.05) is 19.6 Å². The molecule has 0 N–H and O–H groups in total. The van der Waals surface area contributed by atoms with Crippen molar-refractivity contribution in [3.63, 3.8) is 0 Å². The molecule has 126 valence electrons. The van der Waals surface area contributed by atoms with Gasteiger partial charge in [-0.2, -0.15) is 0 Å². The van der Waals surface area contributed by atoms with E-state index in [0.29, 0.717) is 21.5 Å². The fourth-order valence-electron chi connectivity index (χ4n) is 2.97. The Morgan fingerprint density at radius 3 is 2.75 bits per heavy atom. The average Bonchev–Trinajstić information content (AvgIpc) is 3.15. The molecule has 0 aromatic heterocycles. The zero-order valence-corrected chi connectivity index (χ0v) is 15.2. The summed E-state index contributed by atoms with van der Waals surface area (Å²) >= 11 is 6.48. The van der Waals surface area contributed by atoms with Crippen LogP contribution in [0, 0.1) is 12.7 Å². The molecule has 6 heteroatoms. The largest absolute Gasteiger partial charge is 0.369 e. The second-order valence-corrected chi connectivity index (χ2v) is 7.61. The molecule has 2 saturated heterocycles. The molecule has 0 spiro atoms. The summed E-state index contributed by atoms with van der Waals surface area (Å²) in [5.41, 5.74) is 2.32. The molecule has 0 atom stereocenters. The van der Waals surface area contributed by atoms with Gasteiger partial charge in [-0.3, -0.25) is 9.69 Å². The third-order valence-electron chi connectivity index (χ3n) is 4.25. The summed E-state index contributed by atoms with van der Waals surface area (Å²) in [4.78, 5) is 16.5. The monoisotopic (exact) mass is 362 g/mol. The van der Waals surface area contributed by atoms with Gasteiger partial charge in [0.05, 0.1) is 10.6 Å². The number of thioether (sulfide) groups is 1. The highest BCUT2D eigenvalue weighted by Gasteiger charge is 2.31. The van der Waals surface area contributed by atoms with E-state index in [2.05, 4.69) is 11.5 Å². The maximum absolute atomic E-state index is 14.5. The van der Waals surface area contributed by atoms with E-state index in [-0.39, 0.29) is 11.7 Å². The fraction of sp³-hybridized carbons (Fsp3) is 0.333. The number of amides is 1. The fourth-order valence-corrected chi connectivity index (χ4v) is 4.23. The average molecular weight is 362 g/mol. The number of rotatable bonds is 4. The summed E-state index contributed by atoms with van der Waals surface area (Å²) < 4.78 is 15.0. The van der Waals surface area contributed by atoms with Crippen LogP contribution in [0.15, 0.2) is 29.7 Å². The molecule has 2 aliphatic rings. The highest BCUT2D eigenvalue weighted by Crippen LogP contribution is 2.34. The second-order valence-electron chi connectivity index (χ2n) is 5.94. The molecule has 3 nitrogen and oxygen atoms in total. The summed E-state index contributed by atoms with van der Waals surface area (Å²) in [6, 6.07) is 3.39. The lowest BCUT2D eigenvalue weighted by Gasteiger charge is -2.19. The molecule has 1 amide bonds. The summed E-state index contributed by atoms with van der Waals surface area (Å²) in [7, 11) is 0. The van der Waals surface area contributed by atoms with Crippen LogP contribution in [0.3, 0.4) is 0 Å². The van der Waals surface area contributed by atoms with Crippen molar-refractivity contribution in [2.24, 2.45) is 0 Å². The molecular weight excluding hydrogens is 343 g/mol. The number of hydrogen-bond acceptors (Lipinski definition) is 4. The molecule has 3 rings (SSSR count). The molecule has 2 fully saturated rings. The number of aryl methyl sites for hydroxylation is 1. The number of halogens is 1. The third kappa shape index (κ3) is 3.26. The van der Waals surface area contributed by atoms with Gasteiger partial charge >= 0.3 is 0 Å². The van der Waals surface area contributed by atoms with Crippen LogP contribution in [0.4, 0.5) is 10.1 Å². The zero-order chi connectivity index (χ0) is 17.3. The van der Waals surface area contributed by atoms with Gasteiger partial charge in [0.25, 0.3) is 5.91 Å². The lowest BCUT2D eigenvalue weighted by molar-refractivity contribution is -0.121. The summed E-state index contributed by atoms with van der Waals surface area (Å²) in [6.45, 7) is 7.77. The lowest BCUT2D eigenvalue weighted by atomic mass is 10.1. The van der Waals surface area contributed by atoms with Gasteiger partial charge in [0.15, 0.2) is 0 Å². The SMILES string of the molecule is C=CCN1C(=O)/C(=C/c2cc(F)c(N3CCCC3)cc2C)SC1=S. The molecule has 24 heavy (non-hydrogen) atoms. The number of hydrogen-bond donors (Lipinski definition) is 0. The topological polar surface area (TPSA) is 23.6 Å². The number of anilines is 1. The third-order valence-corrected chi connectivity index (χ3v) is 5.63. The molecule has 0 radical (unpaired) electrons. The Morgan fingerprint density at radius 1 is 1.38 bits per heavy atom. The van der Waals surface area contributed by atoms with Crippen LogP contribution >= 0.6 is 24.0 Å². The Hall–Kier alpha value is -1.66. The van der Waals surface area contributed by atoms with Gasteiger partial charge in [-0.1, -0.05) is 30.1 Å². The smallest absolute Gasteiger partial charge is 0.266 e. The number of benzene rings is 1. The highest BCUT2D eigenvalue weighted by molar-refractivity contribution is 8.26. The molecule has 2 aliphatic heterocycles. The Balaban J connectivity index is 1.90. The Morgan fingerprint density at radius 2 is 2.08 bits per heavy atom. The van der Waals surface area contributed by atoms with Crippen molar-refractivity contribution in [2.45, 2.75) is 19.8 Å². The van der Waals surface area contributed by atoms with E-state index in [4.69, 9.17) is 12.2 Å². The molecule has 2 heterocycles. The Labute approximate surface area is 151 Å². The second kappa shape index (κ2) is 7.07. The van der Waals surface area contributed by atoms with E-state index in [1.165, 1.54) is 22.7 Å². The van der Waals surface area contributed by atoms with Crippen LogP contribution in [0.25, 0.3) is 6.08 Å². The van der Waals surface area contributed by atoms with Crippen LogP contribution in [0.1, 0.15) is 24.0 Å². The van der Waals surface area contributed by atoms with E-state index in [1.807, 2.05) is 13.0 Å². The van der Waals surface area contributed by atoms with E-state index in [9.17, 15) is 9.18 Å². The van der Waals surface area contributed by atoms with Crippen molar-refractivity contribution < 1.29 is 9.18 Å². The molecule has 0 saturated carbocycles. The van der Waals surface area contributed by atoms with Crippen LogP contribution in [-0.2, 0) is 4.79 Å². The Kier molecular flexibility index (Phi) is 5.06. The first-order valence-corrected chi connectivity index (χ1v) is 9.15. The van der Waals surface area contributed by atoms with Crippen molar-refractivity contribution in [3.05, 3.63) is 46.6 Å². The summed E-state index contributed by atoms with van der Waals surface area (Å²) in [5, 5.41) is 0. The minimum absolute atomic E-state index is 0.145. The summed E-state index contributed by atoms with van der Waals surface area (Å²) in [5.74, 6) is -0.386. The predicted molar refractivity (Wildman–Crippen MR) is 103 cm³/mol. The first-order valence-electron chi connectivity index (χ1n) is 7.92. The Bertz CT molecular complexity index is 739. The van der Waals surface area contributed by atoms with E-state index in [0.717, 1.165) is 37.1 Å². The van der Waals surface area contributed by atoms with Crippen molar-refractivity contribution in [1.82, 2.24) is 4.90 Å². The van der Waals surface area contributed by atoms with Gasteiger partial charge < -0.3 is 4.90 Å². The van der Waals surface area contributed by atoms with E-state index >= 15 is 0 Å². The minimum Gasteiger partial charge on any atom is -0.369 e. The van der Waals surface area contributed by atoms with Crippen molar-refractivity contribution in [2.75, 3.05) is 24.5 Å². The first kappa shape index (κ1) is 17.2. The van der Waals surface area contributed by atoms with Crippen molar-refractivity contribution >= 4 is 46.0 Å². The van der Waals surface area contributed by atoms with Gasteiger partial charge in [-0.15, -0.1) is 6.58 Å². The van der Waals surface area contributed by atoms with Gasteiger partial charge in [-0.25, -0.2) is 4.39 Å². The number of nitrogens with zero attached hydrogens (tertiary/aromatic N) is 2. The first-order chi connectivity index (χ1) is 11.5. The maximum atomic E-state index is 14.5. The van der Waals surface area contributed by atoms with Gasteiger partial charge in [0.1, 0.15) is 10.1 Å². The normalized spacial score (nSPS) is 19.7. The zero-order valence-electron chi connectivity index (χ0n) is 13.5. The number of carbonyl (C=O) groups is 1. The van der Waals surface area contributed by atoms with Crippen molar-refractivity contribution in [3.8, 4) is 0 Å². The quantitative estimate of drug-likeness (QED) is 0.457. The van der Waals surface area contributed by atoms with Crippen molar-refractivity contribution in [1.29, 1.82) is 0 Å². The van der Waals surface area contributed by atoms with Crippen LogP contribution in [0.5, 0.6) is 0 Å². The van der Waals surface area contributed by atoms with Crippen LogP contribution in [-0.4, -0.2) is 34.8 Å². The molecule has 1 aromatic carbocycles. The highest BCUT2D eigenvalue weighted by atomic mass is 32.2. The maximum Gasteiger partial charge on any atom is 0.266 e. The van der Waals surface area contributed by atoms with E-state index < -0.39 is 0 Å². The van der Waals surface area contributed by atoms with Crippen LogP contribution < -0.4 is 4.90 Å². The van der Waals surface area contributed by atoms with E-state index in [1.54, 1.807) is 12.2 Å². The van der Waals surface area contributed by atoms with Crippen LogP contribution in [0.2, 0.25) is 0 Å². The number of carbonyl (C=O) groups excluding carboxylic acids is 1. The van der Waals surface area contributed by atoms with Gasteiger partial charge in [-0.05, 0) is 49.1 Å². The molecular formula is C18H19FN2OS2. The predicted octanol–water partition coefficient (Wildman–Crippen LogP) is 4.12. The molecule has 0 aliphatic carbocycles. The lowest BCUT2D eigenvalue weighted by Crippen LogP contribution is -2.27. The number of thiocarbonyl (C=S) groups is 1. The minimum atomic E-state index is -0.240. The van der Waals surface area contributed by atoms with Gasteiger partial charge in [0.2, 0.25) is 0 Å². The standard InChI is InChI=1S/C18H19FN2OS2/c1-3-6-21-17(22)16(24-18(21)23)11-13-10-14(19)15(9-12(13)2)20-7-4-5-8-20/h3,9-11H,1,4-8H2,2H3/b16-11-. The summed E-state index contributed by atoms with van der Waals surface area (Å²) in [6.07, 6.45) is 5.58. The molecule has 0 bridgehead atoms. The molecule has 1 aromatic rings. The molecule has 0 unspecified atom stereocenters.